The van der Waals surface area contributed by atoms with Crippen molar-refractivity contribution in [3.8, 4) is 0 Å². The molecule has 1 aliphatic rings. The van der Waals surface area contributed by atoms with Gasteiger partial charge in [0, 0.05) is 18.4 Å². The highest BCUT2D eigenvalue weighted by atomic mass is 16.5. The minimum atomic E-state index is 0.117. The van der Waals surface area contributed by atoms with E-state index in [1.807, 2.05) is 13.1 Å². The topological polar surface area (TPSA) is 60.2 Å². The predicted octanol–water partition coefficient (Wildman–Crippen LogP) is 2.91. The van der Waals surface area contributed by atoms with E-state index in [0.29, 0.717) is 11.7 Å². The summed E-state index contributed by atoms with van der Waals surface area (Å²) in [5.74, 6) is 1.22. The van der Waals surface area contributed by atoms with Crippen LogP contribution in [0.15, 0.2) is 18.3 Å². The molecule has 2 unspecified atom stereocenters. The summed E-state index contributed by atoms with van der Waals surface area (Å²) >= 11 is 0. The van der Waals surface area contributed by atoms with Gasteiger partial charge >= 0.3 is 0 Å². The fourth-order valence-corrected chi connectivity index (χ4v) is 3.35. The number of hydrogen-bond donors (Lipinski definition) is 2. The lowest BCUT2D eigenvalue weighted by Gasteiger charge is -2.36. The Bertz CT molecular complexity index is 404. The van der Waals surface area contributed by atoms with E-state index in [4.69, 9.17) is 10.5 Å². The van der Waals surface area contributed by atoms with E-state index in [2.05, 4.69) is 23.3 Å². The number of rotatable bonds is 6. The number of nitrogens with zero attached hydrogens (tertiary/aromatic N) is 1. The van der Waals surface area contributed by atoms with Crippen LogP contribution in [0.25, 0.3) is 0 Å². The fourth-order valence-electron chi connectivity index (χ4n) is 3.35. The average Bonchev–Trinajstić information content (AvgIpc) is 2.50. The molecule has 4 nitrogen and oxygen atoms in total. The van der Waals surface area contributed by atoms with Gasteiger partial charge in [-0.25, -0.2) is 4.98 Å². The first-order valence-electron chi connectivity index (χ1n) is 7.77. The number of nitrogens with two attached hydrogens (primary N) is 1. The molecule has 0 radical (unpaired) electrons. The van der Waals surface area contributed by atoms with Gasteiger partial charge in [0.1, 0.15) is 5.82 Å². The van der Waals surface area contributed by atoms with E-state index in [0.717, 1.165) is 12.2 Å². The van der Waals surface area contributed by atoms with Crippen molar-refractivity contribution in [3.05, 3.63) is 23.9 Å². The maximum Gasteiger partial charge on any atom is 0.128 e. The average molecular weight is 277 g/mol. The zero-order valence-electron chi connectivity index (χ0n) is 12.6. The quantitative estimate of drug-likeness (QED) is 0.839. The number of likely N-dealkylation sites (N-methyl/N-ethyl adjacent to an activating group) is 1. The monoisotopic (exact) mass is 277 g/mol. The Hall–Kier alpha value is -1.13. The van der Waals surface area contributed by atoms with Crippen LogP contribution in [0.5, 0.6) is 0 Å². The Morgan fingerprint density at radius 1 is 1.40 bits per heavy atom. The van der Waals surface area contributed by atoms with Crippen molar-refractivity contribution in [2.24, 2.45) is 5.92 Å². The third kappa shape index (κ3) is 3.49. The second kappa shape index (κ2) is 7.60. The number of anilines is 1. The Kier molecular flexibility index (Phi) is 5.80. The Labute approximate surface area is 122 Å². The number of pyridine rings is 1. The Morgan fingerprint density at radius 3 is 2.75 bits per heavy atom. The first-order chi connectivity index (χ1) is 9.77. The van der Waals surface area contributed by atoms with Crippen molar-refractivity contribution >= 4 is 5.82 Å². The summed E-state index contributed by atoms with van der Waals surface area (Å²) in [5.41, 5.74) is 7.11. The Balaban J connectivity index is 2.22. The molecule has 0 bridgehead atoms. The summed E-state index contributed by atoms with van der Waals surface area (Å²) in [5, 5.41) is 3.40. The highest BCUT2D eigenvalue weighted by Gasteiger charge is 2.32. The minimum Gasteiger partial charge on any atom is -0.383 e. The second-order valence-electron chi connectivity index (χ2n) is 5.56. The summed E-state index contributed by atoms with van der Waals surface area (Å²) in [7, 11) is 1.98. The van der Waals surface area contributed by atoms with Crippen LogP contribution in [0.3, 0.4) is 0 Å². The van der Waals surface area contributed by atoms with Crippen molar-refractivity contribution in [2.45, 2.75) is 51.2 Å². The van der Waals surface area contributed by atoms with E-state index in [1.54, 1.807) is 6.20 Å². The lowest BCUT2D eigenvalue weighted by Crippen LogP contribution is -2.38. The second-order valence-corrected chi connectivity index (χ2v) is 5.56. The van der Waals surface area contributed by atoms with Gasteiger partial charge in [0.2, 0.25) is 0 Å². The molecule has 0 saturated heterocycles. The molecule has 0 aliphatic heterocycles. The minimum absolute atomic E-state index is 0.117. The molecule has 3 N–H and O–H groups in total. The van der Waals surface area contributed by atoms with E-state index >= 15 is 0 Å². The number of nitrogens with one attached hydrogen (secondary N) is 1. The molecule has 112 valence electrons. The third-order valence-corrected chi connectivity index (χ3v) is 4.32. The van der Waals surface area contributed by atoms with Gasteiger partial charge in [-0.2, -0.15) is 0 Å². The van der Waals surface area contributed by atoms with Crippen molar-refractivity contribution in [2.75, 3.05) is 19.4 Å². The Morgan fingerprint density at radius 2 is 2.15 bits per heavy atom. The van der Waals surface area contributed by atoms with E-state index < -0.39 is 0 Å². The molecular weight excluding hydrogens is 250 g/mol. The molecular formula is C16H27N3O. The maximum absolute atomic E-state index is 6.10. The van der Waals surface area contributed by atoms with Gasteiger partial charge in [0.15, 0.2) is 0 Å². The first-order valence-corrected chi connectivity index (χ1v) is 7.77. The zero-order valence-corrected chi connectivity index (χ0v) is 12.6. The molecule has 20 heavy (non-hydrogen) atoms. The van der Waals surface area contributed by atoms with Crippen molar-refractivity contribution < 1.29 is 4.74 Å². The molecule has 0 aromatic carbocycles. The summed E-state index contributed by atoms with van der Waals surface area (Å²) in [4.78, 5) is 4.22. The van der Waals surface area contributed by atoms with Crippen molar-refractivity contribution in [1.82, 2.24) is 10.3 Å². The molecule has 1 aromatic rings. The number of hydrogen-bond acceptors (Lipinski definition) is 4. The number of nitrogen functional groups attached to an aromatic ring is 1. The standard InChI is InChI=1S/C16H27N3O/c1-3-20-15(12-8-5-4-6-9-12)14(18-2)13-10-7-11-19-16(13)17/h7,10-12,14-15,18H,3-6,8-9H2,1-2H3,(H2,17,19). The molecule has 4 heteroatoms. The molecule has 0 spiro atoms. The number of aromatic nitrogens is 1. The normalized spacial score (nSPS) is 19.7. The fraction of sp³-hybridized carbons (Fsp3) is 0.688. The lowest BCUT2D eigenvalue weighted by atomic mass is 9.81. The molecule has 0 amide bonds. The van der Waals surface area contributed by atoms with Crippen LogP contribution in [0.4, 0.5) is 5.82 Å². The van der Waals surface area contributed by atoms with Gasteiger partial charge in [-0.3, -0.25) is 0 Å². The van der Waals surface area contributed by atoms with Gasteiger partial charge in [0.05, 0.1) is 12.1 Å². The van der Waals surface area contributed by atoms with E-state index in [1.165, 1.54) is 32.1 Å². The summed E-state index contributed by atoms with van der Waals surface area (Å²) in [6, 6.07) is 4.12. The van der Waals surface area contributed by atoms with Crippen LogP contribution in [0.2, 0.25) is 0 Å². The highest BCUT2D eigenvalue weighted by molar-refractivity contribution is 5.41. The van der Waals surface area contributed by atoms with E-state index in [-0.39, 0.29) is 12.1 Å². The van der Waals surface area contributed by atoms with Gasteiger partial charge in [-0.15, -0.1) is 0 Å². The van der Waals surface area contributed by atoms with Crippen molar-refractivity contribution in [3.63, 3.8) is 0 Å². The van der Waals surface area contributed by atoms with Gasteiger partial charge in [-0.05, 0) is 38.8 Å². The van der Waals surface area contributed by atoms with Gasteiger partial charge < -0.3 is 15.8 Å². The lowest BCUT2D eigenvalue weighted by molar-refractivity contribution is -0.0166. The molecule has 1 saturated carbocycles. The van der Waals surface area contributed by atoms with E-state index in [9.17, 15) is 0 Å². The van der Waals surface area contributed by atoms with Gasteiger partial charge in [-0.1, -0.05) is 25.3 Å². The third-order valence-electron chi connectivity index (χ3n) is 4.32. The van der Waals surface area contributed by atoms with Crippen LogP contribution in [0, 0.1) is 5.92 Å². The van der Waals surface area contributed by atoms with Crippen LogP contribution < -0.4 is 11.1 Å². The van der Waals surface area contributed by atoms with Crippen LogP contribution >= 0.6 is 0 Å². The molecule has 1 fully saturated rings. The van der Waals surface area contributed by atoms with Crippen LogP contribution in [0.1, 0.15) is 50.6 Å². The first kappa shape index (κ1) is 15.3. The molecule has 1 heterocycles. The largest absolute Gasteiger partial charge is 0.383 e. The summed E-state index contributed by atoms with van der Waals surface area (Å²) < 4.78 is 6.10. The SMILES string of the molecule is CCOC(C1CCCCC1)C(NC)c1cccnc1N. The van der Waals surface area contributed by atoms with Gasteiger partial charge in [0.25, 0.3) is 0 Å². The predicted molar refractivity (Wildman–Crippen MR) is 82.4 cm³/mol. The summed E-state index contributed by atoms with van der Waals surface area (Å²) in [6.45, 7) is 2.80. The highest BCUT2D eigenvalue weighted by Crippen LogP contribution is 2.35. The smallest absolute Gasteiger partial charge is 0.128 e. The molecule has 2 atom stereocenters. The van der Waals surface area contributed by atoms with Crippen molar-refractivity contribution in [1.29, 1.82) is 0 Å². The molecule has 2 rings (SSSR count). The van der Waals surface area contributed by atoms with Crippen LogP contribution in [-0.4, -0.2) is 24.7 Å². The zero-order chi connectivity index (χ0) is 14.4. The molecule has 1 aliphatic carbocycles. The van der Waals surface area contributed by atoms with Crippen LogP contribution in [-0.2, 0) is 4.74 Å². The molecule has 1 aromatic heterocycles. The summed E-state index contributed by atoms with van der Waals surface area (Å²) in [6.07, 6.45) is 8.40. The maximum atomic E-state index is 6.10. The number of ether oxygens (including phenoxy) is 1.